The largest absolute Gasteiger partial charge is 0.497 e. The van der Waals surface area contributed by atoms with Crippen LogP contribution < -0.4 is 14.8 Å². The van der Waals surface area contributed by atoms with E-state index in [1.165, 1.54) is 0 Å². The quantitative estimate of drug-likeness (QED) is 0.789. The van der Waals surface area contributed by atoms with Gasteiger partial charge in [0.25, 0.3) is 0 Å². The molecule has 1 aliphatic carbocycles. The fourth-order valence-electron chi connectivity index (χ4n) is 3.66. The molecule has 4 rings (SSSR count). The summed E-state index contributed by atoms with van der Waals surface area (Å²) >= 11 is 1.58. The topological polar surface area (TPSA) is 78.3 Å². The Labute approximate surface area is 162 Å². The van der Waals surface area contributed by atoms with Gasteiger partial charge in [-0.15, -0.1) is 5.10 Å². The maximum absolute atomic E-state index is 12.8. The highest BCUT2D eigenvalue weighted by Gasteiger charge is 2.38. The molecule has 2 aliphatic rings. The van der Waals surface area contributed by atoms with Gasteiger partial charge in [0, 0.05) is 29.3 Å². The fraction of sp³-hybridized carbons (Fsp3) is 0.421. The monoisotopic (exact) mass is 386 g/mol. The Kier molecular flexibility index (Phi) is 4.82. The molecule has 2 aromatic rings. The lowest BCUT2D eigenvalue weighted by Gasteiger charge is -2.32. The Bertz CT molecular complexity index is 922. The number of ketones is 1. The molecule has 0 saturated heterocycles. The molecule has 0 saturated carbocycles. The number of hydrogen-bond acceptors (Lipinski definition) is 7. The maximum Gasteiger partial charge on any atom is 0.227 e. The lowest BCUT2D eigenvalue weighted by Crippen LogP contribution is -2.31. The predicted molar refractivity (Wildman–Crippen MR) is 104 cm³/mol. The fourth-order valence-corrected chi connectivity index (χ4v) is 4.21. The molecule has 1 N–H and O–H groups in total. The number of methoxy groups -OCH3 is 2. The standard InChI is InChI=1S/C19H22N4O3S/c1-4-27-19-21-18-20-13-6-5-7-14(24)16(13)17(23(18)22-19)12-9-8-11(25-2)10-15(12)26-3/h8-10,17H,4-7H2,1-3H3,(H,20,21,22). The molecule has 0 fully saturated rings. The molecule has 1 atom stereocenters. The van der Waals surface area contributed by atoms with Crippen molar-refractivity contribution in [1.29, 1.82) is 0 Å². The first-order valence-corrected chi connectivity index (χ1v) is 9.99. The van der Waals surface area contributed by atoms with Crippen LogP contribution >= 0.6 is 11.8 Å². The molecule has 0 amide bonds. The number of carbonyl (C=O) groups is 1. The molecular formula is C19H22N4O3S. The summed E-state index contributed by atoms with van der Waals surface area (Å²) in [6.07, 6.45) is 2.23. The molecule has 27 heavy (non-hydrogen) atoms. The summed E-state index contributed by atoms with van der Waals surface area (Å²) in [7, 11) is 3.24. The average molecular weight is 386 g/mol. The smallest absolute Gasteiger partial charge is 0.227 e. The van der Waals surface area contributed by atoms with Crippen LogP contribution in [-0.2, 0) is 4.79 Å². The Morgan fingerprint density at radius 2 is 2.15 bits per heavy atom. The number of anilines is 1. The van der Waals surface area contributed by atoms with Crippen molar-refractivity contribution < 1.29 is 14.3 Å². The highest BCUT2D eigenvalue weighted by Crippen LogP contribution is 2.43. The molecule has 1 aromatic heterocycles. The van der Waals surface area contributed by atoms with Crippen LogP contribution in [0.4, 0.5) is 5.95 Å². The van der Waals surface area contributed by atoms with Gasteiger partial charge in [-0.3, -0.25) is 4.79 Å². The molecule has 0 spiro atoms. The number of nitrogens with zero attached hydrogens (tertiary/aromatic N) is 3. The van der Waals surface area contributed by atoms with Crippen molar-refractivity contribution in [2.45, 2.75) is 37.4 Å². The van der Waals surface area contributed by atoms with Crippen molar-refractivity contribution >= 4 is 23.5 Å². The summed E-state index contributed by atoms with van der Waals surface area (Å²) < 4.78 is 12.8. The van der Waals surface area contributed by atoms with Crippen LogP contribution in [0.1, 0.15) is 37.8 Å². The first kappa shape index (κ1) is 17.9. The van der Waals surface area contributed by atoms with Gasteiger partial charge in [0.15, 0.2) is 5.78 Å². The van der Waals surface area contributed by atoms with E-state index in [2.05, 4.69) is 22.3 Å². The number of fused-ring (bicyclic) bond motifs is 1. The van der Waals surface area contributed by atoms with Gasteiger partial charge in [0.2, 0.25) is 11.1 Å². The zero-order valence-electron chi connectivity index (χ0n) is 15.6. The molecule has 142 valence electrons. The third-order valence-electron chi connectivity index (χ3n) is 4.86. The van der Waals surface area contributed by atoms with Crippen LogP contribution in [0.15, 0.2) is 34.6 Å². The molecular weight excluding hydrogens is 364 g/mol. The Hall–Kier alpha value is -2.48. The maximum atomic E-state index is 12.8. The summed E-state index contributed by atoms with van der Waals surface area (Å²) in [5.41, 5.74) is 2.58. The van der Waals surface area contributed by atoms with E-state index in [1.807, 2.05) is 22.9 Å². The first-order valence-electron chi connectivity index (χ1n) is 9.00. The molecule has 2 heterocycles. The van der Waals surface area contributed by atoms with Crippen LogP contribution in [0.25, 0.3) is 0 Å². The van der Waals surface area contributed by atoms with Crippen LogP contribution in [0.3, 0.4) is 0 Å². The first-order chi connectivity index (χ1) is 13.2. The summed E-state index contributed by atoms with van der Waals surface area (Å²) in [6, 6.07) is 5.30. The van der Waals surface area contributed by atoms with Gasteiger partial charge in [0.1, 0.15) is 17.5 Å². The van der Waals surface area contributed by atoms with E-state index in [0.29, 0.717) is 29.0 Å². The van der Waals surface area contributed by atoms with E-state index in [0.717, 1.165) is 35.4 Å². The number of Topliss-reactive ketones (excluding diaryl/α,β-unsaturated/α-hetero) is 1. The van der Waals surface area contributed by atoms with Crippen LogP contribution in [-0.4, -0.2) is 40.5 Å². The van der Waals surface area contributed by atoms with Gasteiger partial charge >= 0.3 is 0 Å². The Morgan fingerprint density at radius 3 is 2.89 bits per heavy atom. The highest BCUT2D eigenvalue weighted by molar-refractivity contribution is 7.99. The molecule has 1 aliphatic heterocycles. The zero-order valence-corrected chi connectivity index (χ0v) is 16.4. The lowest BCUT2D eigenvalue weighted by atomic mass is 9.85. The third kappa shape index (κ3) is 3.07. The summed E-state index contributed by atoms with van der Waals surface area (Å²) in [5.74, 6) is 3.07. The predicted octanol–water partition coefficient (Wildman–Crippen LogP) is 3.43. The number of carbonyl (C=O) groups excluding carboxylic acids is 1. The lowest BCUT2D eigenvalue weighted by molar-refractivity contribution is -0.116. The van der Waals surface area contributed by atoms with Gasteiger partial charge in [-0.1, -0.05) is 18.7 Å². The van der Waals surface area contributed by atoms with E-state index in [4.69, 9.17) is 9.47 Å². The van der Waals surface area contributed by atoms with Crippen molar-refractivity contribution in [3.63, 3.8) is 0 Å². The SMILES string of the molecule is CCSc1nc2n(n1)C(c1ccc(OC)cc1OC)C1=C(CCCC1=O)N2. The van der Waals surface area contributed by atoms with E-state index < -0.39 is 0 Å². The van der Waals surface area contributed by atoms with Crippen LogP contribution in [0.2, 0.25) is 0 Å². The molecule has 1 unspecified atom stereocenters. The molecule has 7 nitrogen and oxygen atoms in total. The van der Waals surface area contributed by atoms with Gasteiger partial charge in [0.05, 0.1) is 14.2 Å². The number of rotatable bonds is 5. The van der Waals surface area contributed by atoms with Crippen molar-refractivity contribution in [3.8, 4) is 11.5 Å². The highest BCUT2D eigenvalue weighted by atomic mass is 32.2. The number of aromatic nitrogens is 3. The van der Waals surface area contributed by atoms with E-state index in [-0.39, 0.29) is 11.8 Å². The van der Waals surface area contributed by atoms with E-state index in [1.54, 1.807) is 26.0 Å². The zero-order chi connectivity index (χ0) is 19.0. The average Bonchev–Trinajstić information content (AvgIpc) is 3.08. The third-order valence-corrected chi connectivity index (χ3v) is 5.58. The number of hydrogen-bond donors (Lipinski definition) is 1. The van der Waals surface area contributed by atoms with Crippen molar-refractivity contribution in [2.24, 2.45) is 0 Å². The summed E-state index contributed by atoms with van der Waals surface area (Å²) in [4.78, 5) is 17.5. The van der Waals surface area contributed by atoms with Crippen LogP contribution in [0.5, 0.6) is 11.5 Å². The minimum absolute atomic E-state index is 0.150. The van der Waals surface area contributed by atoms with E-state index >= 15 is 0 Å². The molecule has 0 bridgehead atoms. The second kappa shape index (κ2) is 7.26. The molecule has 8 heteroatoms. The summed E-state index contributed by atoms with van der Waals surface area (Å²) in [6.45, 7) is 2.06. The molecule has 0 radical (unpaired) electrons. The van der Waals surface area contributed by atoms with Gasteiger partial charge < -0.3 is 14.8 Å². The number of allylic oxidation sites excluding steroid dienone is 2. The normalized spacial score (nSPS) is 18.6. The van der Waals surface area contributed by atoms with Gasteiger partial charge in [-0.2, -0.15) is 4.98 Å². The minimum Gasteiger partial charge on any atom is -0.497 e. The second-order valence-corrected chi connectivity index (χ2v) is 7.63. The number of benzene rings is 1. The Morgan fingerprint density at radius 1 is 1.30 bits per heavy atom. The van der Waals surface area contributed by atoms with Crippen molar-refractivity contribution in [3.05, 3.63) is 35.0 Å². The number of ether oxygens (including phenoxy) is 2. The van der Waals surface area contributed by atoms with Gasteiger partial charge in [-0.25, -0.2) is 4.68 Å². The van der Waals surface area contributed by atoms with E-state index in [9.17, 15) is 4.79 Å². The number of thioether (sulfide) groups is 1. The van der Waals surface area contributed by atoms with Crippen LogP contribution in [0, 0.1) is 0 Å². The summed E-state index contributed by atoms with van der Waals surface area (Å²) in [5, 5.41) is 8.71. The van der Waals surface area contributed by atoms with Crippen molar-refractivity contribution in [2.75, 3.05) is 25.3 Å². The van der Waals surface area contributed by atoms with Gasteiger partial charge in [-0.05, 0) is 30.7 Å². The minimum atomic E-state index is -0.358. The van der Waals surface area contributed by atoms with Crippen molar-refractivity contribution in [1.82, 2.24) is 14.8 Å². The molecule has 1 aromatic carbocycles. The Balaban J connectivity index is 1.90. The number of nitrogens with one attached hydrogen (secondary N) is 1. The second-order valence-electron chi connectivity index (χ2n) is 6.40.